The molecule has 2 heterocycles. The molecule has 3 aromatic rings. The van der Waals surface area contributed by atoms with Crippen molar-refractivity contribution in [1.82, 2.24) is 10.1 Å². The summed E-state index contributed by atoms with van der Waals surface area (Å²) >= 11 is 0. The highest BCUT2D eigenvalue weighted by molar-refractivity contribution is 6.12. The second kappa shape index (κ2) is 6.33. The lowest BCUT2D eigenvalue weighted by Crippen LogP contribution is -2.13. The van der Waals surface area contributed by atoms with Gasteiger partial charge in [0.1, 0.15) is 0 Å². The lowest BCUT2D eigenvalue weighted by molar-refractivity contribution is 0.102. The number of fused-ring (bicyclic) bond motifs is 1. The molecule has 7 heteroatoms. The number of carbonyl (C=O) groups is 1. The summed E-state index contributed by atoms with van der Waals surface area (Å²) in [5, 5.41) is 7.52. The molecular weight excluding hydrogens is 334 g/mol. The summed E-state index contributed by atoms with van der Waals surface area (Å²) in [5.41, 5.74) is 3.06. The molecule has 4 rings (SSSR count). The number of amides is 1. The topological polar surface area (TPSA) is 86.5 Å². The highest BCUT2D eigenvalue weighted by atomic mass is 16.5. The number of aromatic nitrogens is 2. The molecule has 0 saturated heterocycles. The van der Waals surface area contributed by atoms with Gasteiger partial charge in [-0.25, -0.2) is 4.98 Å². The van der Waals surface area contributed by atoms with Crippen molar-refractivity contribution in [2.75, 3.05) is 19.5 Å². The zero-order chi connectivity index (χ0) is 18.3. The molecular formula is C19H19N3O4. The predicted octanol–water partition coefficient (Wildman–Crippen LogP) is 3.68. The average Bonchev–Trinajstić information content (AvgIpc) is 3.44. The van der Waals surface area contributed by atoms with E-state index in [2.05, 4.69) is 15.5 Å². The number of hydrogen-bond donors (Lipinski definition) is 1. The number of nitrogens with zero attached hydrogens (tertiary/aromatic N) is 2. The first-order valence-electron chi connectivity index (χ1n) is 8.41. The lowest BCUT2D eigenvalue weighted by Gasteiger charge is -2.11. The van der Waals surface area contributed by atoms with E-state index in [-0.39, 0.29) is 5.91 Å². The van der Waals surface area contributed by atoms with Crippen LogP contribution in [0.3, 0.4) is 0 Å². The van der Waals surface area contributed by atoms with Gasteiger partial charge in [0.2, 0.25) is 0 Å². The second-order valence-corrected chi connectivity index (χ2v) is 6.34. The van der Waals surface area contributed by atoms with Crippen LogP contribution in [0.5, 0.6) is 11.5 Å². The molecule has 1 N–H and O–H groups in total. The number of benzene rings is 1. The Morgan fingerprint density at radius 1 is 1.19 bits per heavy atom. The average molecular weight is 353 g/mol. The first kappa shape index (κ1) is 16.4. The minimum atomic E-state index is -0.238. The van der Waals surface area contributed by atoms with Gasteiger partial charge in [0, 0.05) is 23.4 Å². The molecule has 7 nitrogen and oxygen atoms in total. The van der Waals surface area contributed by atoms with Crippen molar-refractivity contribution in [3.8, 4) is 11.5 Å². The maximum Gasteiger partial charge on any atom is 0.259 e. The third-order valence-electron chi connectivity index (χ3n) is 4.52. The molecule has 0 bridgehead atoms. The molecule has 0 spiro atoms. The van der Waals surface area contributed by atoms with Crippen molar-refractivity contribution in [3.63, 3.8) is 0 Å². The highest BCUT2D eigenvalue weighted by Crippen LogP contribution is 2.40. The number of pyridine rings is 1. The number of hydrogen-bond acceptors (Lipinski definition) is 6. The molecule has 1 aliphatic rings. The van der Waals surface area contributed by atoms with E-state index in [9.17, 15) is 4.79 Å². The van der Waals surface area contributed by atoms with Crippen LogP contribution in [0.15, 0.2) is 28.8 Å². The lowest BCUT2D eigenvalue weighted by atomic mass is 10.1. The van der Waals surface area contributed by atoms with Gasteiger partial charge in [-0.15, -0.1) is 0 Å². The maximum absolute atomic E-state index is 12.9. The fourth-order valence-electron chi connectivity index (χ4n) is 2.99. The van der Waals surface area contributed by atoms with E-state index in [4.69, 9.17) is 14.0 Å². The van der Waals surface area contributed by atoms with Crippen LogP contribution in [-0.4, -0.2) is 30.3 Å². The van der Waals surface area contributed by atoms with Gasteiger partial charge in [0.05, 0.1) is 30.9 Å². The van der Waals surface area contributed by atoms with E-state index in [1.54, 1.807) is 39.3 Å². The van der Waals surface area contributed by atoms with Gasteiger partial charge in [0.25, 0.3) is 11.6 Å². The zero-order valence-corrected chi connectivity index (χ0v) is 14.8. The Morgan fingerprint density at radius 3 is 2.65 bits per heavy atom. The van der Waals surface area contributed by atoms with E-state index in [1.165, 1.54) is 0 Å². The summed E-state index contributed by atoms with van der Waals surface area (Å²) in [7, 11) is 3.12. The molecule has 0 unspecified atom stereocenters. The van der Waals surface area contributed by atoms with E-state index in [1.807, 2.05) is 6.07 Å². The summed E-state index contributed by atoms with van der Waals surface area (Å²) in [6, 6.07) is 7.08. The molecule has 26 heavy (non-hydrogen) atoms. The standard InChI is InChI=1S/C19H19N3O4/c1-10-17-13(9-14(11-4-5-11)21-19(17)26-22-10)18(23)20-12-6-7-15(24-2)16(8-12)25-3/h6-9,11H,4-5H2,1-3H3,(H,20,23). The van der Waals surface area contributed by atoms with Crippen LogP contribution >= 0.6 is 0 Å². The minimum Gasteiger partial charge on any atom is -0.493 e. The van der Waals surface area contributed by atoms with E-state index >= 15 is 0 Å². The monoisotopic (exact) mass is 353 g/mol. The minimum absolute atomic E-state index is 0.238. The Bertz CT molecular complexity index is 992. The van der Waals surface area contributed by atoms with Crippen LogP contribution in [0.25, 0.3) is 11.1 Å². The van der Waals surface area contributed by atoms with Crippen molar-refractivity contribution < 1.29 is 18.8 Å². The Labute approximate surface area is 150 Å². The van der Waals surface area contributed by atoms with Gasteiger partial charge in [-0.05, 0) is 38.0 Å². The van der Waals surface area contributed by atoms with Crippen LogP contribution in [0.4, 0.5) is 5.69 Å². The maximum atomic E-state index is 12.9. The summed E-state index contributed by atoms with van der Waals surface area (Å²) in [6.45, 7) is 1.80. The van der Waals surface area contributed by atoms with Crippen molar-refractivity contribution in [3.05, 3.63) is 41.2 Å². The van der Waals surface area contributed by atoms with E-state index < -0.39 is 0 Å². The molecule has 134 valence electrons. The third-order valence-corrected chi connectivity index (χ3v) is 4.52. The van der Waals surface area contributed by atoms with Gasteiger partial charge < -0.3 is 19.3 Å². The Kier molecular flexibility index (Phi) is 3.99. The first-order valence-corrected chi connectivity index (χ1v) is 8.41. The van der Waals surface area contributed by atoms with E-state index in [0.29, 0.717) is 45.5 Å². The summed E-state index contributed by atoms with van der Waals surface area (Å²) < 4.78 is 15.8. The molecule has 1 aliphatic carbocycles. The highest BCUT2D eigenvalue weighted by Gasteiger charge is 2.28. The number of nitrogens with one attached hydrogen (secondary N) is 1. The van der Waals surface area contributed by atoms with Crippen molar-refractivity contribution in [2.24, 2.45) is 0 Å². The van der Waals surface area contributed by atoms with Crippen LogP contribution in [0, 0.1) is 6.92 Å². The van der Waals surface area contributed by atoms with Crippen LogP contribution in [-0.2, 0) is 0 Å². The Morgan fingerprint density at radius 2 is 1.96 bits per heavy atom. The number of methoxy groups -OCH3 is 2. The van der Waals surface area contributed by atoms with Gasteiger partial charge in [-0.1, -0.05) is 5.16 Å². The largest absolute Gasteiger partial charge is 0.493 e. The van der Waals surface area contributed by atoms with E-state index in [0.717, 1.165) is 18.5 Å². The molecule has 2 aromatic heterocycles. The number of anilines is 1. The molecule has 1 amide bonds. The third kappa shape index (κ3) is 2.85. The van der Waals surface area contributed by atoms with Crippen LogP contribution < -0.4 is 14.8 Å². The molecule has 0 radical (unpaired) electrons. The number of aryl methyl sites for hydroxylation is 1. The number of rotatable bonds is 5. The SMILES string of the molecule is COc1ccc(NC(=O)c2cc(C3CC3)nc3onc(C)c23)cc1OC. The van der Waals surface area contributed by atoms with Gasteiger partial charge in [0.15, 0.2) is 11.5 Å². The fourth-order valence-corrected chi connectivity index (χ4v) is 2.99. The number of carbonyl (C=O) groups excluding carboxylic acids is 1. The zero-order valence-electron chi connectivity index (χ0n) is 14.8. The molecule has 0 atom stereocenters. The molecule has 1 saturated carbocycles. The van der Waals surface area contributed by atoms with Gasteiger partial charge in [-0.2, -0.15) is 0 Å². The second-order valence-electron chi connectivity index (χ2n) is 6.34. The summed E-state index contributed by atoms with van der Waals surface area (Å²) in [6.07, 6.45) is 2.17. The fraction of sp³-hybridized carbons (Fsp3) is 0.316. The van der Waals surface area contributed by atoms with Crippen molar-refractivity contribution >= 4 is 22.7 Å². The van der Waals surface area contributed by atoms with Gasteiger partial charge >= 0.3 is 0 Å². The summed E-state index contributed by atoms with van der Waals surface area (Å²) in [5.74, 6) is 1.31. The van der Waals surface area contributed by atoms with Crippen LogP contribution in [0.2, 0.25) is 0 Å². The number of ether oxygens (including phenoxy) is 2. The Balaban J connectivity index is 1.71. The molecule has 1 fully saturated rings. The van der Waals surface area contributed by atoms with Crippen molar-refractivity contribution in [1.29, 1.82) is 0 Å². The molecule has 1 aromatic carbocycles. The predicted molar refractivity (Wildman–Crippen MR) is 96.0 cm³/mol. The molecule has 0 aliphatic heterocycles. The van der Waals surface area contributed by atoms with Crippen LogP contribution in [0.1, 0.15) is 40.5 Å². The smallest absolute Gasteiger partial charge is 0.259 e. The quantitative estimate of drug-likeness (QED) is 0.753. The van der Waals surface area contributed by atoms with Gasteiger partial charge in [-0.3, -0.25) is 4.79 Å². The Hall–Kier alpha value is -3.09. The van der Waals surface area contributed by atoms with Crippen molar-refractivity contribution in [2.45, 2.75) is 25.7 Å². The summed E-state index contributed by atoms with van der Waals surface area (Å²) in [4.78, 5) is 17.5. The first-order chi connectivity index (χ1) is 12.6. The normalized spacial score (nSPS) is 13.7.